The molecule has 0 radical (unpaired) electrons. The molecule has 10 nitrogen and oxygen atoms in total. The average Bonchev–Trinajstić information content (AvgIpc) is 3.63. The van der Waals surface area contributed by atoms with E-state index in [9.17, 15) is 10.1 Å². The maximum Gasteiger partial charge on any atom is 0.255 e. The number of fused-ring (bicyclic) bond motifs is 3. The van der Waals surface area contributed by atoms with E-state index in [1.54, 1.807) is 31.6 Å². The topological polar surface area (TPSA) is 120 Å². The van der Waals surface area contributed by atoms with Crippen LogP contribution >= 0.6 is 12.4 Å². The van der Waals surface area contributed by atoms with Crippen molar-refractivity contribution in [3.63, 3.8) is 0 Å². The fourth-order valence-corrected chi connectivity index (χ4v) is 6.01. The monoisotopic (exact) mass is 602 g/mol. The fraction of sp³-hybridized carbons (Fsp3) is 0.375. The summed E-state index contributed by atoms with van der Waals surface area (Å²) in [5.74, 6) is 1.37. The van der Waals surface area contributed by atoms with E-state index < -0.39 is 0 Å². The number of nitrogens with zero attached hydrogens (tertiary/aromatic N) is 4. The molecule has 222 valence electrons. The minimum absolute atomic E-state index is 0. The maximum atomic E-state index is 13.3. The minimum atomic E-state index is -0.0846. The Morgan fingerprint density at radius 3 is 2.56 bits per heavy atom. The molecule has 0 N–H and O–H groups in total. The predicted molar refractivity (Wildman–Crippen MR) is 159 cm³/mol. The Kier molecular flexibility index (Phi) is 8.21. The molecule has 3 aliphatic heterocycles. The molecule has 3 aromatic heterocycles. The summed E-state index contributed by atoms with van der Waals surface area (Å²) in [6.07, 6.45) is 7.10. The van der Waals surface area contributed by atoms with E-state index in [2.05, 4.69) is 16.0 Å². The van der Waals surface area contributed by atoms with Crippen molar-refractivity contribution < 1.29 is 28.2 Å². The number of rotatable bonds is 6. The van der Waals surface area contributed by atoms with Gasteiger partial charge in [-0.3, -0.25) is 9.78 Å². The number of ether oxygens (including phenoxy) is 4. The van der Waals surface area contributed by atoms with E-state index in [1.165, 1.54) is 0 Å². The molecule has 0 saturated carbocycles. The number of benzene rings is 1. The van der Waals surface area contributed by atoms with Crippen LogP contribution in [-0.4, -0.2) is 72.5 Å². The molecule has 11 heteroatoms. The van der Waals surface area contributed by atoms with E-state index in [-0.39, 0.29) is 36.6 Å². The van der Waals surface area contributed by atoms with Gasteiger partial charge in [0.2, 0.25) is 0 Å². The van der Waals surface area contributed by atoms with Gasteiger partial charge in [0.25, 0.3) is 5.91 Å². The number of likely N-dealkylation sites (tertiary alicyclic amines) is 1. The van der Waals surface area contributed by atoms with E-state index >= 15 is 0 Å². The summed E-state index contributed by atoms with van der Waals surface area (Å²) < 4.78 is 29.4. The first kappa shape index (κ1) is 28.9. The van der Waals surface area contributed by atoms with Crippen molar-refractivity contribution in [1.82, 2.24) is 14.9 Å². The van der Waals surface area contributed by atoms with Gasteiger partial charge in [0.15, 0.2) is 11.3 Å². The summed E-state index contributed by atoms with van der Waals surface area (Å²) in [4.78, 5) is 24.2. The molecule has 1 amide bonds. The van der Waals surface area contributed by atoms with Gasteiger partial charge >= 0.3 is 0 Å². The molecule has 2 unspecified atom stereocenters. The summed E-state index contributed by atoms with van der Waals surface area (Å²) in [5, 5.41) is 9.87. The molecule has 0 aliphatic carbocycles. The van der Waals surface area contributed by atoms with Crippen molar-refractivity contribution >= 4 is 29.4 Å². The van der Waals surface area contributed by atoms with Crippen molar-refractivity contribution in [3.05, 3.63) is 59.9 Å². The summed E-state index contributed by atoms with van der Waals surface area (Å²) in [7, 11) is 1.55. The highest BCUT2D eigenvalue weighted by Gasteiger charge is 2.36. The van der Waals surface area contributed by atoms with Gasteiger partial charge in [-0.25, -0.2) is 4.98 Å². The first-order chi connectivity index (χ1) is 20.6. The zero-order valence-electron chi connectivity index (χ0n) is 23.7. The zero-order valence-corrected chi connectivity index (χ0v) is 24.5. The van der Waals surface area contributed by atoms with Gasteiger partial charge < -0.3 is 28.3 Å². The molecule has 1 aromatic carbocycles. The van der Waals surface area contributed by atoms with Crippen molar-refractivity contribution in [2.24, 2.45) is 0 Å². The van der Waals surface area contributed by atoms with E-state index in [0.717, 1.165) is 36.8 Å². The summed E-state index contributed by atoms with van der Waals surface area (Å²) in [5.41, 5.74) is 4.16. The van der Waals surface area contributed by atoms with Crippen LogP contribution in [-0.2, 0) is 9.47 Å². The highest BCUT2D eigenvalue weighted by molar-refractivity contribution is 5.96. The number of hydrogen-bond donors (Lipinski definition) is 0. The molecular weight excluding hydrogens is 572 g/mol. The number of furan rings is 1. The van der Waals surface area contributed by atoms with Crippen LogP contribution in [0.2, 0.25) is 0 Å². The minimum Gasteiger partial charge on any atom is -0.494 e. The van der Waals surface area contributed by atoms with Gasteiger partial charge in [0.05, 0.1) is 43.7 Å². The number of carbonyl (C=O) groups excluding carboxylic acids is 1. The summed E-state index contributed by atoms with van der Waals surface area (Å²) in [6.45, 7) is 2.50. The SMILES string of the molecule is COc1cc(C(=O)N2CC3CCC(C2)O3)cnc1-c1cc2nccc(-c3ccc(OC4CCOCC4)c(C#N)c3)c2o1.Cl. The van der Waals surface area contributed by atoms with Crippen LogP contribution in [0.25, 0.3) is 33.7 Å². The summed E-state index contributed by atoms with van der Waals surface area (Å²) in [6, 6.07) is 13.2. The molecule has 0 spiro atoms. The van der Waals surface area contributed by atoms with Crippen molar-refractivity contribution in [1.29, 1.82) is 5.26 Å². The third-order valence-corrected chi connectivity index (χ3v) is 8.17. The number of aromatic nitrogens is 2. The highest BCUT2D eigenvalue weighted by atomic mass is 35.5. The predicted octanol–water partition coefficient (Wildman–Crippen LogP) is 5.42. The molecule has 3 fully saturated rings. The van der Waals surface area contributed by atoms with Crippen LogP contribution in [0.1, 0.15) is 41.6 Å². The maximum absolute atomic E-state index is 13.3. The lowest BCUT2D eigenvalue weighted by atomic mass is 10.0. The van der Waals surface area contributed by atoms with Crippen LogP contribution in [0.15, 0.2) is 53.2 Å². The second kappa shape index (κ2) is 12.2. The average molecular weight is 603 g/mol. The number of amides is 1. The van der Waals surface area contributed by atoms with Gasteiger partial charge in [0, 0.05) is 50.0 Å². The van der Waals surface area contributed by atoms with E-state index in [4.69, 9.17) is 23.4 Å². The van der Waals surface area contributed by atoms with Gasteiger partial charge in [-0.05, 0) is 42.7 Å². The fourth-order valence-electron chi connectivity index (χ4n) is 6.01. The first-order valence-corrected chi connectivity index (χ1v) is 14.3. The highest BCUT2D eigenvalue weighted by Crippen LogP contribution is 2.38. The molecule has 2 bridgehead atoms. The standard InChI is InChI=1S/C32H30N4O6.ClH/c1-38-28-13-21(32(37)36-17-23-3-4-24(18-36)40-23)16-35-30(28)29-14-26-31(42-29)25(6-9-34-26)19-2-5-27(20(12-19)15-33)41-22-7-10-39-11-8-22;/h2,5-6,9,12-14,16,22-24H,3-4,7-8,10-11,17-18H2,1H3;1H. The molecule has 4 aromatic rings. The van der Waals surface area contributed by atoms with Crippen LogP contribution in [0.3, 0.4) is 0 Å². The second-order valence-electron chi connectivity index (χ2n) is 10.9. The van der Waals surface area contributed by atoms with Crippen LogP contribution in [0, 0.1) is 11.3 Å². The molecule has 3 aliphatic rings. The third kappa shape index (κ3) is 5.64. The molecule has 6 heterocycles. The Balaban J connectivity index is 0.00000329. The Bertz CT molecular complexity index is 1680. The molecule has 3 saturated heterocycles. The van der Waals surface area contributed by atoms with Gasteiger partial charge in [-0.15, -0.1) is 12.4 Å². The van der Waals surface area contributed by atoms with Crippen molar-refractivity contribution in [2.45, 2.75) is 44.0 Å². The Labute approximate surface area is 254 Å². The van der Waals surface area contributed by atoms with Crippen LogP contribution in [0.5, 0.6) is 11.5 Å². The Morgan fingerprint density at radius 1 is 1.02 bits per heavy atom. The number of morpholine rings is 1. The smallest absolute Gasteiger partial charge is 0.255 e. The van der Waals surface area contributed by atoms with Crippen LogP contribution < -0.4 is 9.47 Å². The molecule has 7 rings (SSSR count). The normalized spacial score (nSPS) is 20.0. The Hall–Kier alpha value is -4.17. The van der Waals surface area contributed by atoms with E-state index in [0.29, 0.717) is 71.5 Å². The lowest BCUT2D eigenvalue weighted by Gasteiger charge is -2.32. The van der Waals surface area contributed by atoms with Gasteiger partial charge in [-0.2, -0.15) is 5.26 Å². The molecule has 43 heavy (non-hydrogen) atoms. The largest absolute Gasteiger partial charge is 0.494 e. The third-order valence-electron chi connectivity index (χ3n) is 8.17. The van der Waals surface area contributed by atoms with Gasteiger partial charge in [0.1, 0.15) is 34.9 Å². The number of hydrogen-bond acceptors (Lipinski definition) is 9. The Morgan fingerprint density at radius 2 is 1.81 bits per heavy atom. The summed E-state index contributed by atoms with van der Waals surface area (Å²) >= 11 is 0. The number of methoxy groups -OCH3 is 1. The first-order valence-electron chi connectivity index (χ1n) is 14.3. The molecule has 2 atom stereocenters. The van der Waals surface area contributed by atoms with Gasteiger partial charge in [-0.1, -0.05) is 6.07 Å². The number of nitriles is 1. The lowest BCUT2D eigenvalue weighted by Crippen LogP contribution is -2.45. The number of pyridine rings is 2. The van der Waals surface area contributed by atoms with Crippen LogP contribution in [0.4, 0.5) is 0 Å². The quantitative estimate of drug-likeness (QED) is 0.285. The lowest BCUT2D eigenvalue weighted by molar-refractivity contribution is -0.0303. The second-order valence-corrected chi connectivity index (χ2v) is 10.9. The number of halogens is 1. The number of carbonyl (C=O) groups is 1. The zero-order chi connectivity index (χ0) is 28.6. The van der Waals surface area contributed by atoms with Crippen molar-refractivity contribution in [2.75, 3.05) is 33.4 Å². The van der Waals surface area contributed by atoms with Crippen molar-refractivity contribution in [3.8, 4) is 40.1 Å². The molecular formula is C32H31ClN4O6. The van der Waals surface area contributed by atoms with E-state index in [1.807, 2.05) is 29.2 Å².